The minimum atomic E-state index is -0.282. The van der Waals surface area contributed by atoms with Crippen LogP contribution in [0.3, 0.4) is 0 Å². The summed E-state index contributed by atoms with van der Waals surface area (Å²) in [5.41, 5.74) is 4.20. The van der Waals surface area contributed by atoms with Gasteiger partial charge in [0, 0.05) is 24.5 Å². The Morgan fingerprint density at radius 3 is 2.50 bits per heavy atom. The zero-order chi connectivity index (χ0) is 21.9. The average molecular weight is 430 g/mol. The predicted molar refractivity (Wildman–Crippen MR) is 126 cm³/mol. The number of benzene rings is 2. The largest absolute Gasteiger partial charge is 0.336 e. The normalized spacial score (nSPS) is 32.8. The minimum Gasteiger partial charge on any atom is -0.336 e. The van der Waals surface area contributed by atoms with Crippen molar-refractivity contribution in [3.05, 3.63) is 59.7 Å². The molecule has 32 heavy (non-hydrogen) atoms. The average Bonchev–Trinajstić information content (AvgIpc) is 3.19. The van der Waals surface area contributed by atoms with Crippen molar-refractivity contribution in [1.82, 2.24) is 5.32 Å². The van der Waals surface area contributed by atoms with E-state index in [1.807, 2.05) is 24.3 Å². The zero-order valence-electron chi connectivity index (χ0n) is 18.7. The number of hydrogen-bond acceptors (Lipinski definition) is 2. The van der Waals surface area contributed by atoms with E-state index in [-0.39, 0.29) is 22.8 Å². The van der Waals surface area contributed by atoms with E-state index in [4.69, 9.17) is 0 Å². The molecule has 5 nitrogen and oxygen atoms in total. The van der Waals surface area contributed by atoms with Crippen molar-refractivity contribution in [3.8, 4) is 0 Å². The Balaban J connectivity index is 1.27. The molecule has 4 aliphatic carbocycles. The van der Waals surface area contributed by atoms with Gasteiger partial charge < -0.3 is 10.6 Å². The SMILES string of the molecule is Cc1ccc(C23CC4CC(CC(C(=O)Nc5cccc(N6CCNC6=O)c5)(C4)C2)C3)cc1. The second kappa shape index (κ2) is 7.09. The molecule has 2 N–H and O–H groups in total. The molecule has 2 aromatic carbocycles. The Labute approximate surface area is 189 Å². The highest BCUT2D eigenvalue weighted by Crippen LogP contribution is 2.66. The van der Waals surface area contributed by atoms with Gasteiger partial charge in [0.05, 0.1) is 5.41 Å². The molecule has 1 heterocycles. The fraction of sp³-hybridized carbons (Fsp3) is 0.481. The molecule has 2 atom stereocenters. The molecule has 2 unspecified atom stereocenters. The molecular weight excluding hydrogens is 398 g/mol. The van der Waals surface area contributed by atoms with Gasteiger partial charge in [0.25, 0.3) is 0 Å². The van der Waals surface area contributed by atoms with Gasteiger partial charge >= 0.3 is 6.03 Å². The van der Waals surface area contributed by atoms with E-state index in [9.17, 15) is 9.59 Å². The summed E-state index contributed by atoms with van der Waals surface area (Å²) in [4.78, 5) is 27.6. The maximum atomic E-state index is 13.8. The van der Waals surface area contributed by atoms with Crippen molar-refractivity contribution in [1.29, 1.82) is 0 Å². The van der Waals surface area contributed by atoms with Gasteiger partial charge in [0.15, 0.2) is 0 Å². The number of nitrogens with zero attached hydrogens (tertiary/aromatic N) is 1. The van der Waals surface area contributed by atoms with Gasteiger partial charge in [-0.05, 0) is 86.5 Å². The van der Waals surface area contributed by atoms with Crippen LogP contribution in [0.4, 0.5) is 16.2 Å². The number of hydrogen-bond donors (Lipinski definition) is 2. The van der Waals surface area contributed by atoms with E-state index < -0.39 is 0 Å². The molecule has 7 rings (SSSR count). The molecule has 3 amide bonds. The molecule has 4 bridgehead atoms. The number of carbonyl (C=O) groups excluding carboxylic acids is 2. The standard InChI is InChI=1S/C27H31N3O2/c1-18-5-7-21(8-6-18)26-13-19-11-20(14-26)16-27(15-19,17-26)24(31)29-22-3-2-4-23(12-22)30-10-9-28-25(30)32/h2-8,12,19-20H,9-11,13-17H2,1H3,(H,28,32)(H,29,31). The summed E-state index contributed by atoms with van der Waals surface area (Å²) in [6.07, 6.45) is 6.70. The third-order valence-electron chi connectivity index (χ3n) is 8.48. The summed E-state index contributed by atoms with van der Waals surface area (Å²) in [6.45, 7) is 3.45. The number of aryl methyl sites for hydroxylation is 1. The van der Waals surface area contributed by atoms with E-state index in [2.05, 4.69) is 41.8 Å². The number of anilines is 2. The van der Waals surface area contributed by atoms with Crippen LogP contribution in [0.1, 0.15) is 49.7 Å². The second-order valence-electron chi connectivity index (χ2n) is 10.8. The molecule has 0 spiro atoms. The number of carbonyl (C=O) groups is 2. The molecule has 1 saturated heterocycles. The number of nitrogens with one attached hydrogen (secondary N) is 2. The van der Waals surface area contributed by atoms with Crippen LogP contribution in [0.25, 0.3) is 0 Å². The lowest BCUT2D eigenvalue weighted by atomic mass is 9.42. The lowest BCUT2D eigenvalue weighted by Gasteiger charge is -2.61. The predicted octanol–water partition coefficient (Wildman–Crippen LogP) is 5.00. The van der Waals surface area contributed by atoms with Gasteiger partial charge in [0.2, 0.25) is 5.91 Å². The first kappa shape index (κ1) is 19.8. The van der Waals surface area contributed by atoms with Crippen molar-refractivity contribution in [2.75, 3.05) is 23.3 Å². The van der Waals surface area contributed by atoms with Crippen LogP contribution < -0.4 is 15.5 Å². The molecular formula is C27H31N3O2. The summed E-state index contributed by atoms with van der Waals surface area (Å²) in [6, 6.07) is 16.7. The van der Waals surface area contributed by atoms with Crippen molar-refractivity contribution in [3.63, 3.8) is 0 Å². The topological polar surface area (TPSA) is 61.4 Å². The molecule has 5 aliphatic rings. The monoisotopic (exact) mass is 429 g/mol. The van der Waals surface area contributed by atoms with Crippen LogP contribution in [0.2, 0.25) is 0 Å². The maximum absolute atomic E-state index is 13.8. The molecule has 1 aliphatic heterocycles. The van der Waals surface area contributed by atoms with Crippen molar-refractivity contribution >= 4 is 23.3 Å². The second-order valence-corrected chi connectivity index (χ2v) is 10.8. The van der Waals surface area contributed by atoms with Gasteiger partial charge in [-0.3, -0.25) is 9.69 Å². The van der Waals surface area contributed by atoms with Gasteiger partial charge in [-0.1, -0.05) is 35.9 Å². The molecule has 0 radical (unpaired) electrons. The molecule has 5 heteroatoms. The lowest BCUT2D eigenvalue weighted by molar-refractivity contribution is -0.143. The smallest absolute Gasteiger partial charge is 0.321 e. The van der Waals surface area contributed by atoms with Gasteiger partial charge in [0.1, 0.15) is 0 Å². The van der Waals surface area contributed by atoms with Crippen molar-refractivity contribution in [2.24, 2.45) is 17.3 Å². The van der Waals surface area contributed by atoms with Crippen LogP contribution in [0.15, 0.2) is 48.5 Å². The highest BCUT2D eigenvalue weighted by atomic mass is 16.2. The summed E-state index contributed by atoms with van der Waals surface area (Å²) >= 11 is 0. The van der Waals surface area contributed by atoms with E-state index in [1.54, 1.807) is 4.90 Å². The molecule has 4 saturated carbocycles. The maximum Gasteiger partial charge on any atom is 0.321 e. The Morgan fingerprint density at radius 2 is 1.81 bits per heavy atom. The van der Waals surface area contributed by atoms with Crippen molar-refractivity contribution < 1.29 is 9.59 Å². The van der Waals surface area contributed by atoms with E-state index in [0.717, 1.165) is 30.6 Å². The first-order valence-corrected chi connectivity index (χ1v) is 12.0. The van der Waals surface area contributed by atoms with Crippen LogP contribution >= 0.6 is 0 Å². The van der Waals surface area contributed by atoms with Crippen LogP contribution in [0.5, 0.6) is 0 Å². The molecule has 2 aromatic rings. The summed E-state index contributed by atoms with van der Waals surface area (Å²) in [5, 5.41) is 6.10. The number of urea groups is 1. The quantitative estimate of drug-likeness (QED) is 0.718. The Morgan fingerprint density at radius 1 is 1.06 bits per heavy atom. The highest BCUT2D eigenvalue weighted by Gasteiger charge is 2.60. The van der Waals surface area contributed by atoms with Gasteiger partial charge in [-0.2, -0.15) is 0 Å². The highest BCUT2D eigenvalue weighted by molar-refractivity contribution is 5.98. The van der Waals surface area contributed by atoms with Gasteiger partial charge in [-0.15, -0.1) is 0 Å². The van der Waals surface area contributed by atoms with Crippen LogP contribution in [0, 0.1) is 24.2 Å². The van der Waals surface area contributed by atoms with E-state index in [1.165, 1.54) is 30.4 Å². The lowest BCUT2D eigenvalue weighted by Crippen LogP contribution is -2.57. The summed E-state index contributed by atoms with van der Waals surface area (Å²) < 4.78 is 0. The van der Waals surface area contributed by atoms with E-state index in [0.29, 0.717) is 24.9 Å². The first-order valence-electron chi connectivity index (χ1n) is 12.0. The van der Waals surface area contributed by atoms with Crippen LogP contribution in [-0.4, -0.2) is 25.0 Å². The molecule has 166 valence electrons. The van der Waals surface area contributed by atoms with Gasteiger partial charge in [-0.25, -0.2) is 4.79 Å². The number of rotatable bonds is 4. The zero-order valence-corrected chi connectivity index (χ0v) is 18.7. The fourth-order valence-corrected chi connectivity index (χ4v) is 7.51. The van der Waals surface area contributed by atoms with E-state index >= 15 is 0 Å². The molecule has 5 fully saturated rings. The third-order valence-corrected chi connectivity index (χ3v) is 8.48. The van der Waals surface area contributed by atoms with Crippen molar-refractivity contribution in [2.45, 2.75) is 50.9 Å². The minimum absolute atomic E-state index is 0.0744. The Bertz CT molecular complexity index is 1060. The molecule has 0 aromatic heterocycles. The first-order chi connectivity index (χ1) is 15.4. The third kappa shape index (κ3) is 3.13. The summed E-state index contributed by atoms with van der Waals surface area (Å²) in [7, 11) is 0. The summed E-state index contributed by atoms with van der Waals surface area (Å²) in [5.74, 6) is 1.46. The fourth-order valence-electron chi connectivity index (χ4n) is 7.51. The number of amides is 3. The Hall–Kier alpha value is -2.82. The Kier molecular flexibility index (Phi) is 4.40. The van der Waals surface area contributed by atoms with Crippen LogP contribution in [-0.2, 0) is 10.2 Å².